The van der Waals surface area contributed by atoms with Gasteiger partial charge in [-0.2, -0.15) is 18.4 Å². The first-order chi connectivity index (χ1) is 17.4. The number of carbonyl (C=O) groups excluding carboxylic acids is 4. The first kappa shape index (κ1) is 31.3. The third-order valence-corrected chi connectivity index (χ3v) is 7.10. The van der Waals surface area contributed by atoms with Crippen molar-refractivity contribution in [1.82, 2.24) is 20.9 Å². The third-order valence-electron chi connectivity index (χ3n) is 7.10. The molecule has 0 aromatic rings. The SMILES string of the molecule is CC(C)O.C[C@@H]1[C@H]2CN(C(=O)[C@@H](NC(=O)C(F)(F)F)C(C)(C)C)[C@H](C(=O)N[C@H](C#N)C[C@@H]3CCNC3=O)[C@@H]12. The summed E-state index contributed by atoms with van der Waals surface area (Å²) in [6.07, 6.45) is -4.64. The average Bonchev–Trinajstić information content (AvgIpc) is 3.11. The quantitative estimate of drug-likeness (QED) is 0.392. The molecular formula is C25H38F3N5O5. The van der Waals surface area contributed by atoms with E-state index >= 15 is 0 Å². The van der Waals surface area contributed by atoms with Crippen LogP contribution in [0.15, 0.2) is 0 Å². The van der Waals surface area contributed by atoms with E-state index < -0.39 is 53.4 Å². The first-order valence-electron chi connectivity index (χ1n) is 12.7. The van der Waals surface area contributed by atoms with Gasteiger partial charge in [-0.1, -0.05) is 27.7 Å². The third kappa shape index (κ3) is 7.58. The van der Waals surface area contributed by atoms with Crippen LogP contribution in [0.4, 0.5) is 13.2 Å². The maximum atomic E-state index is 13.4. The molecule has 4 amide bonds. The number of hydrogen-bond acceptors (Lipinski definition) is 6. The van der Waals surface area contributed by atoms with Gasteiger partial charge in [-0.05, 0) is 49.9 Å². The predicted octanol–water partition coefficient (Wildman–Crippen LogP) is 1.09. The van der Waals surface area contributed by atoms with E-state index in [-0.39, 0.29) is 42.7 Å². The van der Waals surface area contributed by atoms with E-state index in [1.165, 1.54) is 25.7 Å². The summed E-state index contributed by atoms with van der Waals surface area (Å²) in [6.45, 7) is 10.6. The minimum absolute atomic E-state index is 0.0137. The van der Waals surface area contributed by atoms with Gasteiger partial charge in [0.25, 0.3) is 0 Å². The zero-order valence-corrected chi connectivity index (χ0v) is 22.6. The number of alkyl halides is 3. The molecule has 38 heavy (non-hydrogen) atoms. The summed E-state index contributed by atoms with van der Waals surface area (Å²) in [5.41, 5.74) is -1.05. The summed E-state index contributed by atoms with van der Waals surface area (Å²) in [5, 5.41) is 24.7. The number of nitriles is 1. The van der Waals surface area contributed by atoms with E-state index in [0.717, 1.165) is 0 Å². The Hall–Kier alpha value is -2.88. The molecule has 0 bridgehead atoms. The van der Waals surface area contributed by atoms with Gasteiger partial charge in [0, 0.05) is 25.1 Å². The number of likely N-dealkylation sites (tertiary alicyclic amines) is 1. The largest absolute Gasteiger partial charge is 0.471 e. The standard InChI is InChI=1S/C22H30F3N5O4.C3H8O/c1-10-13-9-30(19(33)16(21(2,3)4)29-20(34)22(23,24)25)15(14(10)13)18(32)28-12(8-26)7-11-5-6-27-17(11)31;1-3(2)4/h10-16H,5-7,9H2,1-4H3,(H,27,31)(H,28,32)(H,29,34);3-4H,1-2H3/t10-,11+,12+,13-,14+,15+,16-;/m1./s1. The summed E-state index contributed by atoms with van der Waals surface area (Å²) >= 11 is 0. The molecule has 2 heterocycles. The van der Waals surface area contributed by atoms with Gasteiger partial charge in [-0.15, -0.1) is 0 Å². The van der Waals surface area contributed by atoms with Gasteiger partial charge >= 0.3 is 12.1 Å². The van der Waals surface area contributed by atoms with E-state index in [0.29, 0.717) is 13.0 Å². The molecule has 2 saturated heterocycles. The molecule has 1 aliphatic carbocycles. The van der Waals surface area contributed by atoms with E-state index in [4.69, 9.17) is 5.11 Å². The van der Waals surface area contributed by atoms with Crippen molar-refractivity contribution in [3.05, 3.63) is 0 Å². The smallest absolute Gasteiger partial charge is 0.394 e. The van der Waals surface area contributed by atoms with Crippen molar-refractivity contribution < 1.29 is 37.5 Å². The monoisotopic (exact) mass is 545 g/mol. The van der Waals surface area contributed by atoms with Crippen LogP contribution in [0.5, 0.6) is 0 Å². The van der Waals surface area contributed by atoms with Gasteiger partial charge in [0.1, 0.15) is 18.1 Å². The van der Waals surface area contributed by atoms with Gasteiger partial charge in [-0.25, -0.2) is 0 Å². The number of hydrogen-bond donors (Lipinski definition) is 4. The minimum Gasteiger partial charge on any atom is -0.394 e. The molecule has 13 heteroatoms. The summed E-state index contributed by atoms with van der Waals surface area (Å²) < 4.78 is 38.6. The summed E-state index contributed by atoms with van der Waals surface area (Å²) in [6, 6.07) is -1.44. The zero-order chi connectivity index (χ0) is 29.2. The number of piperidine rings is 1. The molecule has 10 nitrogen and oxygen atoms in total. The Bertz CT molecular complexity index is 956. The van der Waals surface area contributed by atoms with Crippen LogP contribution in [0.2, 0.25) is 0 Å². The fourth-order valence-corrected chi connectivity index (χ4v) is 5.06. The number of amides is 4. The molecule has 3 rings (SSSR count). The maximum Gasteiger partial charge on any atom is 0.471 e. The lowest BCUT2D eigenvalue weighted by Crippen LogP contribution is -2.60. The maximum absolute atomic E-state index is 13.4. The van der Waals surface area contributed by atoms with Gasteiger partial charge in [0.2, 0.25) is 17.7 Å². The second kappa shape index (κ2) is 11.9. The Morgan fingerprint density at radius 3 is 2.24 bits per heavy atom. The van der Waals surface area contributed by atoms with Gasteiger partial charge in [-0.3, -0.25) is 19.2 Å². The lowest BCUT2D eigenvalue weighted by molar-refractivity contribution is -0.176. The Kier molecular flexibility index (Phi) is 9.80. The molecule has 0 spiro atoms. The van der Waals surface area contributed by atoms with Crippen molar-refractivity contribution in [2.75, 3.05) is 13.1 Å². The second-order valence-corrected chi connectivity index (χ2v) is 11.6. The molecule has 3 aliphatic rings. The molecule has 4 N–H and O–H groups in total. The average molecular weight is 546 g/mol. The number of nitrogens with one attached hydrogen (secondary N) is 3. The van der Waals surface area contributed by atoms with Crippen molar-refractivity contribution in [3.8, 4) is 6.07 Å². The molecule has 2 aliphatic heterocycles. The molecular weight excluding hydrogens is 507 g/mol. The summed E-state index contributed by atoms with van der Waals surface area (Å²) in [5.74, 6) is -4.19. The van der Waals surface area contributed by atoms with Gasteiger partial charge in [0.05, 0.1) is 6.07 Å². The highest BCUT2D eigenvalue weighted by Crippen LogP contribution is 2.55. The highest BCUT2D eigenvalue weighted by Gasteiger charge is 2.63. The van der Waals surface area contributed by atoms with Gasteiger partial charge < -0.3 is 26.0 Å². The molecule has 214 valence electrons. The van der Waals surface area contributed by atoms with Crippen LogP contribution in [0.25, 0.3) is 0 Å². The topological polar surface area (TPSA) is 152 Å². The molecule has 1 saturated carbocycles. The number of nitrogens with zero attached hydrogens (tertiary/aromatic N) is 2. The molecule has 0 unspecified atom stereocenters. The van der Waals surface area contributed by atoms with Crippen molar-refractivity contribution in [1.29, 1.82) is 5.26 Å². The Labute approximate surface area is 220 Å². The van der Waals surface area contributed by atoms with Crippen molar-refractivity contribution >= 4 is 23.6 Å². The van der Waals surface area contributed by atoms with E-state index in [1.807, 2.05) is 13.0 Å². The van der Waals surface area contributed by atoms with E-state index in [9.17, 15) is 37.6 Å². The Morgan fingerprint density at radius 2 is 1.79 bits per heavy atom. The van der Waals surface area contributed by atoms with Gasteiger partial charge in [0.15, 0.2) is 0 Å². The van der Waals surface area contributed by atoms with Crippen LogP contribution in [0.1, 0.15) is 54.4 Å². The van der Waals surface area contributed by atoms with Crippen molar-refractivity contribution in [3.63, 3.8) is 0 Å². The van der Waals surface area contributed by atoms with Crippen LogP contribution in [0.3, 0.4) is 0 Å². The highest BCUT2D eigenvalue weighted by atomic mass is 19.4. The Balaban J connectivity index is 0.00000118. The normalized spacial score (nSPS) is 27.8. The number of aliphatic hydroxyl groups is 1. The fraction of sp³-hybridized carbons (Fsp3) is 0.800. The first-order valence-corrected chi connectivity index (χ1v) is 12.7. The molecule has 7 atom stereocenters. The molecule has 0 radical (unpaired) electrons. The molecule has 0 aromatic heterocycles. The summed E-state index contributed by atoms with van der Waals surface area (Å²) in [7, 11) is 0. The van der Waals surface area contributed by atoms with Crippen molar-refractivity contribution in [2.45, 2.75) is 84.8 Å². The van der Waals surface area contributed by atoms with E-state index in [1.54, 1.807) is 19.2 Å². The molecule has 3 fully saturated rings. The number of carbonyl (C=O) groups is 4. The number of aliphatic hydroxyl groups excluding tert-OH is 1. The number of halogens is 3. The number of fused-ring (bicyclic) bond motifs is 1. The number of rotatable bonds is 6. The second-order valence-electron chi connectivity index (χ2n) is 11.6. The lowest BCUT2D eigenvalue weighted by atomic mass is 9.85. The van der Waals surface area contributed by atoms with Crippen LogP contribution in [-0.4, -0.2) is 77.1 Å². The highest BCUT2D eigenvalue weighted by molar-refractivity contribution is 5.94. The van der Waals surface area contributed by atoms with Crippen LogP contribution >= 0.6 is 0 Å². The van der Waals surface area contributed by atoms with E-state index in [2.05, 4.69) is 10.6 Å². The zero-order valence-electron chi connectivity index (χ0n) is 22.6. The fourth-order valence-electron chi connectivity index (χ4n) is 5.06. The minimum atomic E-state index is -5.16. The van der Waals surface area contributed by atoms with Crippen LogP contribution in [-0.2, 0) is 19.2 Å². The van der Waals surface area contributed by atoms with Crippen molar-refractivity contribution in [2.24, 2.45) is 29.1 Å². The Morgan fingerprint density at radius 1 is 1.21 bits per heavy atom. The predicted molar refractivity (Wildman–Crippen MR) is 130 cm³/mol. The van der Waals surface area contributed by atoms with Crippen LogP contribution < -0.4 is 16.0 Å². The van der Waals surface area contributed by atoms with Crippen LogP contribution in [0, 0.1) is 40.4 Å². The lowest BCUT2D eigenvalue weighted by Gasteiger charge is -2.37. The molecule has 0 aromatic carbocycles. The summed E-state index contributed by atoms with van der Waals surface area (Å²) in [4.78, 5) is 51.2.